The number of carbonyl (C=O) groups excluding carboxylic acids is 1. The molecule has 1 heterocycles. The Hall–Kier alpha value is -3.12. The number of halogens is 1. The summed E-state index contributed by atoms with van der Waals surface area (Å²) in [7, 11) is 0. The highest BCUT2D eigenvalue weighted by atomic mass is 35.5. The summed E-state index contributed by atoms with van der Waals surface area (Å²) in [6.07, 6.45) is 0. The van der Waals surface area contributed by atoms with Crippen LogP contribution in [-0.4, -0.2) is 22.5 Å². The van der Waals surface area contributed by atoms with E-state index < -0.39 is 0 Å². The van der Waals surface area contributed by atoms with E-state index in [1.165, 1.54) is 0 Å². The second-order valence-corrected chi connectivity index (χ2v) is 6.17. The molecular formula is C20H19ClN4O2. The average Bonchev–Trinajstić information content (AvgIpc) is 2.63. The summed E-state index contributed by atoms with van der Waals surface area (Å²) in [6, 6.07) is 15.9. The summed E-state index contributed by atoms with van der Waals surface area (Å²) in [6.45, 7) is 4.25. The van der Waals surface area contributed by atoms with E-state index in [0.717, 1.165) is 5.69 Å². The molecule has 1 amide bonds. The van der Waals surface area contributed by atoms with E-state index in [4.69, 9.17) is 16.3 Å². The zero-order chi connectivity index (χ0) is 19.2. The number of nitrogens with one attached hydrogen (secondary N) is 2. The number of ether oxygens (including phenoxy) is 1. The molecule has 27 heavy (non-hydrogen) atoms. The Balaban J connectivity index is 1.68. The third-order valence-corrected chi connectivity index (χ3v) is 3.84. The highest BCUT2D eigenvalue weighted by molar-refractivity contribution is 6.31. The third kappa shape index (κ3) is 5.18. The molecule has 3 aromatic rings. The van der Waals surface area contributed by atoms with E-state index in [1.54, 1.807) is 30.3 Å². The molecule has 6 nitrogen and oxygen atoms in total. The smallest absolute Gasteiger partial charge is 0.255 e. The van der Waals surface area contributed by atoms with Crippen LogP contribution < -0.4 is 15.4 Å². The third-order valence-electron chi connectivity index (χ3n) is 3.61. The quantitative estimate of drug-likeness (QED) is 0.638. The van der Waals surface area contributed by atoms with Crippen molar-refractivity contribution in [3.05, 3.63) is 71.0 Å². The van der Waals surface area contributed by atoms with Crippen LogP contribution in [0.2, 0.25) is 5.02 Å². The van der Waals surface area contributed by atoms with Crippen LogP contribution in [0.15, 0.2) is 54.6 Å². The van der Waals surface area contributed by atoms with Gasteiger partial charge in [-0.2, -0.15) is 4.98 Å². The predicted octanol–water partition coefficient (Wildman–Crippen LogP) is 4.83. The van der Waals surface area contributed by atoms with Gasteiger partial charge in [0.2, 0.25) is 5.88 Å². The van der Waals surface area contributed by atoms with Crippen molar-refractivity contribution >= 4 is 34.7 Å². The van der Waals surface area contributed by atoms with Crippen molar-refractivity contribution in [1.29, 1.82) is 0 Å². The van der Waals surface area contributed by atoms with Crippen LogP contribution in [0.5, 0.6) is 5.88 Å². The van der Waals surface area contributed by atoms with E-state index in [1.807, 2.05) is 38.1 Å². The monoisotopic (exact) mass is 382 g/mol. The van der Waals surface area contributed by atoms with Gasteiger partial charge in [0, 0.05) is 28.0 Å². The van der Waals surface area contributed by atoms with E-state index >= 15 is 0 Å². The van der Waals surface area contributed by atoms with Gasteiger partial charge in [-0.15, -0.1) is 0 Å². The first-order valence-electron chi connectivity index (χ1n) is 8.46. The van der Waals surface area contributed by atoms with Crippen molar-refractivity contribution in [3.63, 3.8) is 0 Å². The summed E-state index contributed by atoms with van der Waals surface area (Å²) in [5.41, 5.74) is 2.01. The maximum Gasteiger partial charge on any atom is 0.255 e. The minimum atomic E-state index is -0.217. The Morgan fingerprint density at radius 3 is 2.52 bits per heavy atom. The molecule has 0 bridgehead atoms. The molecule has 0 saturated carbocycles. The molecule has 3 rings (SSSR count). The molecule has 0 atom stereocenters. The molecule has 0 fully saturated rings. The number of anilines is 3. The lowest BCUT2D eigenvalue weighted by molar-refractivity contribution is 0.102. The first kappa shape index (κ1) is 18.7. The molecule has 138 valence electrons. The van der Waals surface area contributed by atoms with Gasteiger partial charge in [0.1, 0.15) is 11.6 Å². The maximum absolute atomic E-state index is 12.3. The molecule has 1 aromatic heterocycles. The number of hydrogen-bond acceptors (Lipinski definition) is 5. The Morgan fingerprint density at radius 1 is 1.07 bits per heavy atom. The van der Waals surface area contributed by atoms with Gasteiger partial charge in [-0.05, 0) is 56.3 Å². The molecule has 0 aliphatic rings. The summed E-state index contributed by atoms with van der Waals surface area (Å²) in [4.78, 5) is 20.8. The topological polar surface area (TPSA) is 76.1 Å². The van der Waals surface area contributed by atoms with Gasteiger partial charge in [0.05, 0.1) is 6.61 Å². The first-order valence-corrected chi connectivity index (χ1v) is 8.84. The number of amides is 1. The lowest BCUT2D eigenvalue weighted by Gasteiger charge is -2.10. The number of aromatic nitrogens is 2. The van der Waals surface area contributed by atoms with Crippen molar-refractivity contribution in [2.24, 2.45) is 0 Å². The summed E-state index contributed by atoms with van der Waals surface area (Å²) >= 11 is 5.92. The molecular weight excluding hydrogens is 364 g/mol. The second kappa shape index (κ2) is 8.51. The Labute approximate surface area is 162 Å². The zero-order valence-electron chi connectivity index (χ0n) is 15.0. The van der Waals surface area contributed by atoms with Crippen molar-refractivity contribution in [2.75, 3.05) is 17.2 Å². The van der Waals surface area contributed by atoms with Gasteiger partial charge < -0.3 is 15.4 Å². The number of hydrogen-bond donors (Lipinski definition) is 2. The van der Waals surface area contributed by atoms with Gasteiger partial charge in [0.25, 0.3) is 5.91 Å². The zero-order valence-corrected chi connectivity index (χ0v) is 15.7. The number of carbonyl (C=O) groups is 1. The minimum absolute atomic E-state index is 0.217. The van der Waals surface area contributed by atoms with Crippen LogP contribution in [0.1, 0.15) is 23.1 Å². The maximum atomic E-state index is 12.3. The Morgan fingerprint density at radius 2 is 1.81 bits per heavy atom. The molecule has 0 aliphatic carbocycles. The largest absolute Gasteiger partial charge is 0.478 e. The van der Waals surface area contributed by atoms with Crippen molar-refractivity contribution in [3.8, 4) is 5.88 Å². The fourth-order valence-electron chi connectivity index (χ4n) is 2.44. The van der Waals surface area contributed by atoms with Gasteiger partial charge in [-0.3, -0.25) is 4.79 Å². The molecule has 2 N–H and O–H groups in total. The number of benzene rings is 2. The highest BCUT2D eigenvalue weighted by Gasteiger charge is 2.07. The molecule has 2 aromatic carbocycles. The summed E-state index contributed by atoms with van der Waals surface area (Å²) in [5.74, 6) is 1.57. The van der Waals surface area contributed by atoms with Crippen molar-refractivity contribution < 1.29 is 9.53 Å². The van der Waals surface area contributed by atoms with Crippen LogP contribution in [0.25, 0.3) is 0 Å². The summed E-state index contributed by atoms with van der Waals surface area (Å²) < 4.78 is 5.43. The van der Waals surface area contributed by atoms with E-state index in [-0.39, 0.29) is 5.91 Å². The number of rotatable bonds is 6. The lowest BCUT2D eigenvalue weighted by atomic mass is 10.2. The normalized spacial score (nSPS) is 10.3. The summed E-state index contributed by atoms with van der Waals surface area (Å²) in [5, 5.41) is 6.56. The fraction of sp³-hybridized carbons (Fsp3) is 0.150. The second-order valence-electron chi connectivity index (χ2n) is 5.74. The molecule has 7 heteroatoms. The number of aryl methyl sites for hydroxylation is 1. The van der Waals surface area contributed by atoms with Crippen LogP contribution in [0.4, 0.5) is 17.2 Å². The molecule has 0 spiro atoms. The van der Waals surface area contributed by atoms with Gasteiger partial charge in [-0.1, -0.05) is 17.7 Å². The standard InChI is InChI=1S/C20H19ClN4O2/c1-3-27-19-12-18(22-13(2)23-19)24-16-7-9-17(10-8-16)25-20(26)14-5-4-6-15(21)11-14/h4-12H,3H2,1-2H3,(H,25,26)(H,22,23,24). The van der Waals surface area contributed by atoms with Gasteiger partial charge in [0.15, 0.2) is 0 Å². The van der Waals surface area contributed by atoms with Crippen LogP contribution in [0, 0.1) is 6.92 Å². The van der Waals surface area contributed by atoms with Crippen LogP contribution >= 0.6 is 11.6 Å². The molecule has 0 saturated heterocycles. The average molecular weight is 383 g/mol. The predicted molar refractivity (Wildman–Crippen MR) is 107 cm³/mol. The van der Waals surface area contributed by atoms with Gasteiger partial charge in [-0.25, -0.2) is 4.98 Å². The first-order chi connectivity index (χ1) is 13.0. The van der Waals surface area contributed by atoms with E-state index in [2.05, 4.69) is 20.6 Å². The van der Waals surface area contributed by atoms with Crippen LogP contribution in [0.3, 0.4) is 0 Å². The van der Waals surface area contributed by atoms with Crippen LogP contribution in [-0.2, 0) is 0 Å². The van der Waals surface area contributed by atoms with E-state index in [9.17, 15) is 4.79 Å². The van der Waals surface area contributed by atoms with Crippen molar-refractivity contribution in [1.82, 2.24) is 9.97 Å². The minimum Gasteiger partial charge on any atom is -0.478 e. The SMILES string of the molecule is CCOc1cc(Nc2ccc(NC(=O)c3cccc(Cl)c3)cc2)nc(C)n1. The number of nitrogens with zero attached hydrogens (tertiary/aromatic N) is 2. The lowest BCUT2D eigenvalue weighted by Crippen LogP contribution is -2.11. The highest BCUT2D eigenvalue weighted by Crippen LogP contribution is 2.21. The van der Waals surface area contributed by atoms with Crippen molar-refractivity contribution in [2.45, 2.75) is 13.8 Å². The molecule has 0 radical (unpaired) electrons. The molecule has 0 unspecified atom stereocenters. The van der Waals surface area contributed by atoms with Gasteiger partial charge >= 0.3 is 0 Å². The van der Waals surface area contributed by atoms with E-state index in [0.29, 0.717) is 40.4 Å². The fourth-order valence-corrected chi connectivity index (χ4v) is 2.63. The Bertz CT molecular complexity index is 945. The Kier molecular flexibility index (Phi) is 5.88. The molecule has 0 aliphatic heterocycles.